The van der Waals surface area contributed by atoms with Crippen molar-refractivity contribution in [3.8, 4) is 0 Å². The lowest BCUT2D eigenvalue weighted by molar-refractivity contribution is -0.408. The molecule has 16 N–H and O–H groups in total. The molecule has 1 unspecified atom stereocenters. The summed E-state index contributed by atoms with van der Waals surface area (Å²) in [6.45, 7) is -4.31. The first-order valence-electron chi connectivity index (χ1n) is 17.0. The summed E-state index contributed by atoms with van der Waals surface area (Å²) in [5.74, 6) is 0. The fourth-order valence-electron chi connectivity index (χ4n) is 6.71. The minimum atomic E-state index is -2.18. The van der Waals surface area contributed by atoms with Gasteiger partial charge in [0.2, 0.25) is 0 Å². The van der Waals surface area contributed by atoms with Gasteiger partial charge in [-0.1, -0.05) is 0 Å². The second kappa shape index (κ2) is 18.7. The molecular weight excluding hydrogens is 748 g/mol. The van der Waals surface area contributed by atoms with Crippen molar-refractivity contribution in [2.75, 3.05) is 33.0 Å². The van der Waals surface area contributed by atoms with Gasteiger partial charge >= 0.3 is 0 Å². The van der Waals surface area contributed by atoms with E-state index in [2.05, 4.69) is 0 Å². The third-order valence-corrected chi connectivity index (χ3v) is 9.93. The summed E-state index contributed by atoms with van der Waals surface area (Å²) >= 11 is 0. The standard InChI is InChI=1S/C29H50O25/c30-1-7-12(36)15(39)19(43)27(48-7)52-22-13(37)8(2-31)49-28(20(22)44)54-24-23(53-26-18(42)11(35)6(34)5-46-26)14(38)9(3-32)50-29(24)51-21-10(4-33)47-25(45)17(41)16(21)40/h6-45H,1-5H2/t6-,7-,8-,9-,10-,11+,12-,13+,14-,15+,16-,17-,18-,19-,20-,21+,22+,23+,24-,25?,26+,27+,28+,29+/m1/s1. The lowest BCUT2D eigenvalue weighted by Gasteiger charge is -2.50. The van der Waals surface area contributed by atoms with Crippen LogP contribution in [0.2, 0.25) is 0 Å². The summed E-state index contributed by atoms with van der Waals surface area (Å²) in [4.78, 5) is 0. The molecule has 54 heavy (non-hydrogen) atoms. The van der Waals surface area contributed by atoms with Crippen LogP contribution < -0.4 is 0 Å². The molecule has 5 rings (SSSR count). The summed E-state index contributed by atoms with van der Waals surface area (Å²) in [7, 11) is 0. The normalized spacial score (nSPS) is 53.3. The Labute approximate surface area is 305 Å². The van der Waals surface area contributed by atoms with E-state index >= 15 is 0 Å². The second-order valence-corrected chi connectivity index (χ2v) is 13.5. The Morgan fingerprint density at radius 2 is 0.815 bits per heavy atom. The van der Waals surface area contributed by atoms with E-state index in [1.807, 2.05) is 0 Å². The van der Waals surface area contributed by atoms with Crippen LogP contribution in [-0.4, -0.2) is 262 Å². The molecule has 5 fully saturated rings. The van der Waals surface area contributed by atoms with Crippen LogP contribution in [0.4, 0.5) is 0 Å². The SMILES string of the molecule is OC[C@H]1O[C@@H](O[C@H]2[C@H](O[C@@H]3[C@H](O)[C@@H](O)C(O)O[C@@H]3CO)O[C@H](CO)[C@@H](O)[C@@H]2O[C@@H]2OC[C@@H](O)[C@H](O)[C@H]2O)[C@H](O)[C@@H](O[C@@H]2O[C@H](CO)[C@@H](O)[C@H](O)[C@H]2O)[C@H]1O. The quantitative estimate of drug-likeness (QED) is 0.0871. The van der Waals surface area contributed by atoms with Crippen LogP contribution in [0.3, 0.4) is 0 Å². The minimum absolute atomic E-state index is 0.585. The molecule has 0 saturated carbocycles. The summed E-state index contributed by atoms with van der Waals surface area (Å²) in [5, 5.41) is 166. The largest absolute Gasteiger partial charge is 0.394 e. The fourth-order valence-corrected chi connectivity index (χ4v) is 6.71. The van der Waals surface area contributed by atoms with Gasteiger partial charge < -0.3 is 124 Å². The summed E-state index contributed by atoms with van der Waals surface area (Å²) in [6.07, 6.45) is -45.1. The topological polar surface area (TPSA) is 407 Å². The highest BCUT2D eigenvalue weighted by Gasteiger charge is 2.57. The van der Waals surface area contributed by atoms with Gasteiger partial charge in [-0.25, -0.2) is 0 Å². The Kier molecular flexibility index (Phi) is 15.3. The zero-order chi connectivity index (χ0) is 39.8. The number of hydrogen-bond donors (Lipinski definition) is 16. The van der Waals surface area contributed by atoms with Gasteiger partial charge in [0.05, 0.1) is 33.0 Å². The highest BCUT2D eigenvalue weighted by molar-refractivity contribution is 4.99. The third kappa shape index (κ3) is 8.85. The number of ether oxygens (including phenoxy) is 9. The van der Waals surface area contributed by atoms with E-state index in [0.717, 1.165) is 0 Å². The van der Waals surface area contributed by atoms with Crippen LogP contribution >= 0.6 is 0 Å². The molecule has 25 nitrogen and oxygen atoms in total. The second-order valence-electron chi connectivity index (χ2n) is 13.5. The Bertz CT molecular complexity index is 1160. The van der Waals surface area contributed by atoms with Crippen LogP contribution in [0, 0.1) is 0 Å². The molecule has 5 aliphatic rings. The molecule has 24 atom stereocenters. The molecule has 25 heteroatoms. The van der Waals surface area contributed by atoms with Crippen molar-refractivity contribution < 1.29 is 124 Å². The predicted molar refractivity (Wildman–Crippen MR) is 161 cm³/mol. The molecule has 0 aromatic rings. The molecule has 0 radical (unpaired) electrons. The smallest absolute Gasteiger partial charge is 0.187 e. The van der Waals surface area contributed by atoms with Crippen LogP contribution in [0.5, 0.6) is 0 Å². The van der Waals surface area contributed by atoms with Crippen LogP contribution in [-0.2, 0) is 42.6 Å². The van der Waals surface area contributed by atoms with Gasteiger partial charge in [0.1, 0.15) is 116 Å². The maximum atomic E-state index is 11.5. The van der Waals surface area contributed by atoms with Crippen LogP contribution in [0.25, 0.3) is 0 Å². The highest BCUT2D eigenvalue weighted by Crippen LogP contribution is 2.36. The predicted octanol–water partition coefficient (Wildman–Crippen LogP) is -11.3. The van der Waals surface area contributed by atoms with Gasteiger partial charge in [0.15, 0.2) is 31.5 Å². The van der Waals surface area contributed by atoms with Gasteiger partial charge in [0.25, 0.3) is 0 Å². The van der Waals surface area contributed by atoms with Crippen LogP contribution in [0.1, 0.15) is 0 Å². The average Bonchev–Trinajstić information content (AvgIpc) is 3.16. The van der Waals surface area contributed by atoms with Gasteiger partial charge in [-0.2, -0.15) is 0 Å². The lowest BCUT2D eigenvalue weighted by Crippen LogP contribution is -2.69. The van der Waals surface area contributed by atoms with Crippen molar-refractivity contribution in [1.82, 2.24) is 0 Å². The highest BCUT2D eigenvalue weighted by atomic mass is 16.8. The van der Waals surface area contributed by atoms with E-state index in [-0.39, 0.29) is 0 Å². The summed E-state index contributed by atoms with van der Waals surface area (Å²) < 4.78 is 50.3. The lowest BCUT2D eigenvalue weighted by atomic mass is 9.95. The molecule has 0 spiro atoms. The van der Waals surface area contributed by atoms with Crippen molar-refractivity contribution >= 4 is 0 Å². The maximum Gasteiger partial charge on any atom is 0.187 e. The zero-order valence-corrected chi connectivity index (χ0v) is 28.2. The average molecular weight is 799 g/mol. The molecule has 0 aliphatic carbocycles. The van der Waals surface area contributed by atoms with Gasteiger partial charge in [-0.15, -0.1) is 0 Å². The molecule has 0 aromatic carbocycles. The van der Waals surface area contributed by atoms with E-state index in [1.54, 1.807) is 0 Å². The Morgan fingerprint density at radius 3 is 1.41 bits per heavy atom. The first kappa shape index (κ1) is 44.1. The van der Waals surface area contributed by atoms with E-state index in [0.29, 0.717) is 0 Å². The summed E-state index contributed by atoms with van der Waals surface area (Å²) in [6, 6.07) is 0. The molecule has 5 heterocycles. The van der Waals surface area contributed by atoms with Crippen LogP contribution in [0.15, 0.2) is 0 Å². The van der Waals surface area contributed by atoms with Crippen molar-refractivity contribution in [2.24, 2.45) is 0 Å². The number of aliphatic hydroxyl groups is 16. The van der Waals surface area contributed by atoms with E-state index < -0.39 is 180 Å². The maximum absolute atomic E-state index is 11.5. The molecule has 0 bridgehead atoms. The molecule has 5 aliphatic heterocycles. The Morgan fingerprint density at radius 1 is 0.352 bits per heavy atom. The first-order chi connectivity index (χ1) is 25.6. The van der Waals surface area contributed by atoms with Crippen molar-refractivity contribution in [1.29, 1.82) is 0 Å². The molecular formula is C29H50O25. The molecule has 0 aromatic heterocycles. The van der Waals surface area contributed by atoms with Gasteiger partial charge in [-0.05, 0) is 0 Å². The van der Waals surface area contributed by atoms with Gasteiger partial charge in [0, 0.05) is 0 Å². The molecule has 5 saturated heterocycles. The van der Waals surface area contributed by atoms with Crippen molar-refractivity contribution in [3.05, 3.63) is 0 Å². The van der Waals surface area contributed by atoms with Gasteiger partial charge in [-0.3, -0.25) is 0 Å². The first-order valence-corrected chi connectivity index (χ1v) is 17.0. The molecule has 0 amide bonds. The monoisotopic (exact) mass is 798 g/mol. The Balaban J connectivity index is 1.48. The van der Waals surface area contributed by atoms with Crippen molar-refractivity contribution in [2.45, 2.75) is 147 Å². The minimum Gasteiger partial charge on any atom is -0.394 e. The number of hydrogen-bond acceptors (Lipinski definition) is 25. The third-order valence-electron chi connectivity index (χ3n) is 9.93. The fraction of sp³-hybridized carbons (Fsp3) is 1.00. The zero-order valence-electron chi connectivity index (χ0n) is 28.2. The number of aliphatic hydroxyl groups excluding tert-OH is 16. The van der Waals surface area contributed by atoms with E-state index in [9.17, 15) is 81.7 Å². The number of rotatable bonds is 12. The van der Waals surface area contributed by atoms with E-state index in [1.165, 1.54) is 0 Å². The molecule has 316 valence electrons. The van der Waals surface area contributed by atoms with E-state index in [4.69, 9.17) is 42.6 Å². The summed E-state index contributed by atoms with van der Waals surface area (Å²) in [5.41, 5.74) is 0. The van der Waals surface area contributed by atoms with Crippen molar-refractivity contribution in [3.63, 3.8) is 0 Å². The Hall–Kier alpha value is -1.00.